The molecule has 0 aliphatic carbocycles. The fourth-order valence-electron chi connectivity index (χ4n) is 2.13. The molecule has 0 fully saturated rings. The van der Waals surface area contributed by atoms with E-state index in [0.29, 0.717) is 31.2 Å². The van der Waals surface area contributed by atoms with Gasteiger partial charge in [-0.05, 0) is 17.7 Å². The molecule has 0 saturated carbocycles. The van der Waals surface area contributed by atoms with Gasteiger partial charge in [-0.1, -0.05) is 34.1 Å². The first-order chi connectivity index (χ1) is 12.6. The number of ketones is 1. The second-order valence-electron chi connectivity index (χ2n) is 5.55. The molecule has 26 heavy (non-hydrogen) atoms. The van der Waals surface area contributed by atoms with Gasteiger partial charge < -0.3 is 14.8 Å². The zero-order valence-electron chi connectivity index (χ0n) is 14.5. The summed E-state index contributed by atoms with van der Waals surface area (Å²) in [4.78, 5) is 28.1. The number of nitrogens with zero attached hydrogens (tertiary/aromatic N) is 1. The number of amides is 1. The molecule has 1 heterocycles. The van der Waals surface area contributed by atoms with E-state index in [2.05, 4.69) is 26.2 Å². The van der Waals surface area contributed by atoms with Crippen LogP contribution in [0.2, 0.25) is 0 Å². The molecule has 7 heteroatoms. The molecule has 1 amide bonds. The molecule has 1 aromatic heterocycles. The highest BCUT2D eigenvalue weighted by Crippen LogP contribution is 2.13. The van der Waals surface area contributed by atoms with Gasteiger partial charge in [-0.25, -0.2) is 4.98 Å². The first-order valence-electron chi connectivity index (χ1n) is 8.20. The van der Waals surface area contributed by atoms with Gasteiger partial charge in [0, 0.05) is 48.8 Å². The lowest BCUT2D eigenvalue weighted by Gasteiger charge is -2.07. The molecule has 1 aromatic carbocycles. The average Bonchev–Trinajstić information content (AvgIpc) is 2.66. The SMILES string of the molecule is COCCOc1ccc(CNC(=O)CCC(=O)c2ccc(Br)cc2)cn1. The zero-order valence-corrected chi connectivity index (χ0v) is 16.1. The summed E-state index contributed by atoms with van der Waals surface area (Å²) in [6, 6.07) is 10.7. The molecule has 0 aliphatic heterocycles. The number of methoxy groups -OCH3 is 1. The van der Waals surface area contributed by atoms with Gasteiger partial charge in [-0.3, -0.25) is 9.59 Å². The van der Waals surface area contributed by atoms with Crippen molar-refractivity contribution in [3.63, 3.8) is 0 Å². The molecule has 0 radical (unpaired) electrons. The van der Waals surface area contributed by atoms with E-state index in [1.165, 1.54) is 0 Å². The Hall–Kier alpha value is -2.25. The monoisotopic (exact) mass is 420 g/mol. The molecule has 1 N–H and O–H groups in total. The van der Waals surface area contributed by atoms with Crippen LogP contribution in [0.15, 0.2) is 47.1 Å². The Morgan fingerprint density at radius 2 is 1.85 bits per heavy atom. The number of carbonyl (C=O) groups is 2. The first-order valence-corrected chi connectivity index (χ1v) is 9.00. The van der Waals surface area contributed by atoms with Gasteiger partial charge >= 0.3 is 0 Å². The van der Waals surface area contributed by atoms with E-state index in [1.807, 2.05) is 18.2 Å². The molecule has 0 spiro atoms. The second kappa shape index (κ2) is 10.7. The van der Waals surface area contributed by atoms with Crippen LogP contribution in [0.25, 0.3) is 0 Å². The number of benzene rings is 1. The number of Topliss-reactive ketones (excluding diaryl/α,β-unsaturated/α-hetero) is 1. The summed E-state index contributed by atoms with van der Waals surface area (Å²) in [5.41, 5.74) is 1.46. The Bertz CT molecular complexity index is 717. The molecular weight excluding hydrogens is 400 g/mol. The van der Waals surface area contributed by atoms with E-state index in [0.717, 1.165) is 10.0 Å². The van der Waals surface area contributed by atoms with Crippen molar-refractivity contribution >= 4 is 27.6 Å². The van der Waals surface area contributed by atoms with Crippen LogP contribution < -0.4 is 10.1 Å². The number of rotatable bonds is 10. The van der Waals surface area contributed by atoms with Crippen LogP contribution >= 0.6 is 15.9 Å². The van der Waals surface area contributed by atoms with E-state index in [4.69, 9.17) is 9.47 Å². The van der Waals surface area contributed by atoms with Crippen molar-refractivity contribution in [3.8, 4) is 5.88 Å². The van der Waals surface area contributed by atoms with Crippen molar-refractivity contribution in [2.24, 2.45) is 0 Å². The maximum Gasteiger partial charge on any atom is 0.220 e. The minimum Gasteiger partial charge on any atom is -0.475 e. The molecule has 2 rings (SSSR count). The smallest absolute Gasteiger partial charge is 0.220 e. The number of aromatic nitrogens is 1. The lowest BCUT2D eigenvalue weighted by Crippen LogP contribution is -2.23. The second-order valence-corrected chi connectivity index (χ2v) is 6.47. The minimum atomic E-state index is -0.170. The number of hydrogen-bond donors (Lipinski definition) is 1. The maximum absolute atomic E-state index is 12.1. The molecule has 0 saturated heterocycles. The third-order valence-corrected chi connectivity index (χ3v) is 4.10. The third kappa shape index (κ3) is 6.93. The largest absolute Gasteiger partial charge is 0.475 e. The van der Waals surface area contributed by atoms with Gasteiger partial charge in [-0.2, -0.15) is 0 Å². The summed E-state index contributed by atoms with van der Waals surface area (Å²) in [6.45, 7) is 1.29. The molecule has 0 atom stereocenters. The van der Waals surface area contributed by atoms with Crippen molar-refractivity contribution < 1.29 is 19.1 Å². The third-order valence-electron chi connectivity index (χ3n) is 3.57. The van der Waals surface area contributed by atoms with E-state index in [9.17, 15) is 9.59 Å². The highest BCUT2D eigenvalue weighted by molar-refractivity contribution is 9.10. The number of hydrogen-bond acceptors (Lipinski definition) is 5. The van der Waals surface area contributed by atoms with Crippen LogP contribution in [0, 0.1) is 0 Å². The van der Waals surface area contributed by atoms with Crippen LogP contribution in [0.1, 0.15) is 28.8 Å². The van der Waals surface area contributed by atoms with Crippen LogP contribution in [-0.2, 0) is 16.1 Å². The Kier molecular flexibility index (Phi) is 8.24. The number of pyridine rings is 1. The van der Waals surface area contributed by atoms with E-state index < -0.39 is 0 Å². The minimum absolute atomic E-state index is 0.0492. The normalized spacial score (nSPS) is 10.4. The predicted octanol–water partition coefficient (Wildman–Crippen LogP) is 3.15. The number of ether oxygens (including phenoxy) is 2. The fourth-order valence-corrected chi connectivity index (χ4v) is 2.39. The number of halogens is 1. The summed E-state index contributed by atoms with van der Waals surface area (Å²) in [5, 5.41) is 2.79. The Labute approximate surface area is 161 Å². The Balaban J connectivity index is 1.71. The van der Waals surface area contributed by atoms with Crippen LogP contribution in [0.3, 0.4) is 0 Å². The fraction of sp³-hybridized carbons (Fsp3) is 0.316. The van der Waals surface area contributed by atoms with E-state index in [1.54, 1.807) is 31.5 Å². The lowest BCUT2D eigenvalue weighted by molar-refractivity contribution is -0.121. The van der Waals surface area contributed by atoms with Gasteiger partial charge in [0.1, 0.15) is 6.61 Å². The summed E-state index contributed by atoms with van der Waals surface area (Å²) >= 11 is 3.33. The van der Waals surface area contributed by atoms with Crippen molar-refractivity contribution in [3.05, 3.63) is 58.2 Å². The molecule has 2 aromatic rings. The van der Waals surface area contributed by atoms with E-state index in [-0.39, 0.29) is 24.5 Å². The Morgan fingerprint density at radius 3 is 2.50 bits per heavy atom. The zero-order chi connectivity index (χ0) is 18.8. The molecule has 0 aliphatic rings. The number of carbonyl (C=O) groups excluding carboxylic acids is 2. The maximum atomic E-state index is 12.1. The summed E-state index contributed by atoms with van der Waals surface area (Å²) in [6.07, 6.45) is 1.98. The van der Waals surface area contributed by atoms with Crippen molar-refractivity contribution in [1.29, 1.82) is 0 Å². The topological polar surface area (TPSA) is 77.5 Å². The van der Waals surface area contributed by atoms with Crippen LogP contribution in [0.5, 0.6) is 5.88 Å². The van der Waals surface area contributed by atoms with Gasteiger partial charge in [-0.15, -0.1) is 0 Å². The molecule has 138 valence electrons. The molecule has 0 bridgehead atoms. The van der Waals surface area contributed by atoms with E-state index >= 15 is 0 Å². The van der Waals surface area contributed by atoms with Gasteiger partial charge in [0.25, 0.3) is 0 Å². The quantitative estimate of drug-likeness (QED) is 0.471. The molecule has 0 unspecified atom stereocenters. The standard InChI is InChI=1S/C19H21BrN2O4/c1-25-10-11-26-19-9-2-14(13-22-19)12-21-18(24)8-7-17(23)15-3-5-16(20)6-4-15/h2-6,9,13H,7-8,10-12H2,1H3,(H,21,24). The van der Waals surface area contributed by atoms with Crippen molar-refractivity contribution in [2.45, 2.75) is 19.4 Å². The molecule has 6 nitrogen and oxygen atoms in total. The highest BCUT2D eigenvalue weighted by atomic mass is 79.9. The van der Waals surface area contributed by atoms with Crippen LogP contribution in [-0.4, -0.2) is 37.0 Å². The summed E-state index contributed by atoms with van der Waals surface area (Å²) in [7, 11) is 1.61. The highest BCUT2D eigenvalue weighted by Gasteiger charge is 2.09. The average molecular weight is 421 g/mol. The number of nitrogens with one attached hydrogen (secondary N) is 1. The van der Waals surface area contributed by atoms with Crippen molar-refractivity contribution in [1.82, 2.24) is 10.3 Å². The van der Waals surface area contributed by atoms with Gasteiger partial charge in [0.2, 0.25) is 11.8 Å². The summed E-state index contributed by atoms with van der Waals surface area (Å²) in [5.74, 6) is 0.292. The lowest BCUT2D eigenvalue weighted by atomic mass is 10.1. The molecular formula is C19H21BrN2O4. The first kappa shape index (κ1) is 20.1. The van der Waals surface area contributed by atoms with Gasteiger partial charge in [0.15, 0.2) is 5.78 Å². The Morgan fingerprint density at radius 1 is 1.08 bits per heavy atom. The predicted molar refractivity (Wildman–Crippen MR) is 101 cm³/mol. The van der Waals surface area contributed by atoms with Crippen molar-refractivity contribution in [2.75, 3.05) is 20.3 Å². The summed E-state index contributed by atoms with van der Waals surface area (Å²) < 4.78 is 11.2. The van der Waals surface area contributed by atoms with Crippen LogP contribution in [0.4, 0.5) is 0 Å². The van der Waals surface area contributed by atoms with Gasteiger partial charge in [0.05, 0.1) is 6.61 Å².